The second-order valence-electron chi connectivity index (χ2n) is 6.14. The summed E-state index contributed by atoms with van der Waals surface area (Å²) in [7, 11) is 0. The summed E-state index contributed by atoms with van der Waals surface area (Å²) in [4.78, 5) is 19.7. The highest BCUT2D eigenvalue weighted by Crippen LogP contribution is 2.29. The molecule has 0 amide bonds. The summed E-state index contributed by atoms with van der Waals surface area (Å²) in [6.07, 6.45) is 0. The fraction of sp³-hybridized carbons (Fsp3) is 0.333. The number of H-pyrrole nitrogens is 1. The topological polar surface area (TPSA) is 50.7 Å². The lowest BCUT2D eigenvalue weighted by Crippen LogP contribution is -2.11. The van der Waals surface area contributed by atoms with Gasteiger partial charge in [-0.1, -0.05) is 17.7 Å². The van der Waals surface area contributed by atoms with Gasteiger partial charge in [-0.15, -0.1) is 0 Å². The lowest BCUT2D eigenvalue weighted by Gasteiger charge is -2.15. The molecule has 114 valence electrons. The molecule has 0 spiro atoms. The van der Waals surface area contributed by atoms with Gasteiger partial charge in [-0.05, 0) is 58.2 Å². The highest BCUT2D eigenvalue weighted by molar-refractivity contribution is 5.83. The van der Waals surface area contributed by atoms with Crippen LogP contribution in [-0.2, 0) is 0 Å². The fourth-order valence-electron chi connectivity index (χ4n) is 3.38. The minimum Gasteiger partial charge on any atom is -0.310 e. The normalized spacial score (nSPS) is 11.4. The van der Waals surface area contributed by atoms with E-state index in [1.807, 2.05) is 20.8 Å². The standard InChI is InChI=1S/C18H21N3O/c1-9-7-10(2)16(11(3)8-9)21-13(5)12(4)15-17(21)19-14(6)20-18(15)22/h7-8H,1-6H3,(H,19,20,22). The Morgan fingerprint density at radius 1 is 1.00 bits per heavy atom. The summed E-state index contributed by atoms with van der Waals surface area (Å²) in [5.74, 6) is 0.638. The number of benzene rings is 1. The van der Waals surface area contributed by atoms with E-state index in [2.05, 4.69) is 47.4 Å². The molecule has 0 bridgehead atoms. The van der Waals surface area contributed by atoms with Gasteiger partial charge < -0.3 is 4.98 Å². The third-order valence-electron chi connectivity index (χ3n) is 4.34. The Kier molecular flexibility index (Phi) is 3.20. The van der Waals surface area contributed by atoms with Gasteiger partial charge in [0.15, 0.2) is 5.65 Å². The number of fused-ring (bicyclic) bond motifs is 1. The maximum Gasteiger partial charge on any atom is 0.260 e. The average molecular weight is 295 g/mol. The fourth-order valence-corrected chi connectivity index (χ4v) is 3.38. The van der Waals surface area contributed by atoms with Gasteiger partial charge in [0, 0.05) is 5.69 Å². The summed E-state index contributed by atoms with van der Waals surface area (Å²) < 4.78 is 2.12. The molecule has 0 unspecified atom stereocenters. The molecule has 4 nitrogen and oxygen atoms in total. The maximum atomic E-state index is 12.3. The molecule has 0 aliphatic rings. The van der Waals surface area contributed by atoms with Crippen LogP contribution < -0.4 is 5.56 Å². The zero-order chi connectivity index (χ0) is 16.2. The first-order valence-corrected chi connectivity index (χ1v) is 7.48. The Bertz CT molecular complexity index is 938. The Hall–Kier alpha value is -2.36. The van der Waals surface area contributed by atoms with Crippen molar-refractivity contribution in [2.45, 2.75) is 41.5 Å². The first-order chi connectivity index (χ1) is 10.3. The molecule has 0 saturated heterocycles. The van der Waals surface area contributed by atoms with Gasteiger partial charge in [-0.3, -0.25) is 9.36 Å². The average Bonchev–Trinajstić information content (AvgIpc) is 2.62. The van der Waals surface area contributed by atoms with Crippen molar-refractivity contribution in [2.75, 3.05) is 0 Å². The van der Waals surface area contributed by atoms with Crippen molar-refractivity contribution in [1.82, 2.24) is 14.5 Å². The summed E-state index contributed by atoms with van der Waals surface area (Å²) in [6, 6.07) is 4.34. The van der Waals surface area contributed by atoms with Gasteiger partial charge >= 0.3 is 0 Å². The van der Waals surface area contributed by atoms with E-state index in [1.165, 1.54) is 16.7 Å². The Morgan fingerprint density at radius 3 is 2.18 bits per heavy atom. The number of rotatable bonds is 1. The molecular weight excluding hydrogens is 274 g/mol. The monoisotopic (exact) mass is 295 g/mol. The molecule has 0 fully saturated rings. The lowest BCUT2D eigenvalue weighted by molar-refractivity contribution is 0.968. The molecule has 0 radical (unpaired) electrons. The van der Waals surface area contributed by atoms with E-state index in [4.69, 9.17) is 0 Å². The van der Waals surface area contributed by atoms with Crippen LogP contribution in [0.15, 0.2) is 16.9 Å². The number of aromatic nitrogens is 3. The number of hydrogen-bond acceptors (Lipinski definition) is 2. The van der Waals surface area contributed by atoms with Crippen LogP contribution >= 0.6 is 0 Å². The molecule has 3 rings (SSSR count). The molecule has 0 aliphatic carbocycles. The second kappa shape index (κ2) is 4.83. The third-order valence-corrected chi connectivity index (χ3v) is 4.34. The van der Waals surface area contributed by atoms with E-state index >= 15 is 0 Å². The van der Waals surface area contributed by atoms with Crippen molar-refractivity contribution >= 4 is 11.0 Å². The van der Waals surface area contributed by atoms with Crippen molar-refractivity contribution in [3.63, 3.8) is 0 Å². The zero-order valence-electron chi connectivity index (χ0n) is 14.0. The first kappa shape index (κ1) is 14.6. The largest absolute Gasteiger partial charge is 0.310 e. The van der Waals surface area contributed by atoms with Crippen LogP contribution in [-0.4, -0.2) is 14.5 Å². The highest BCUT2D eigenvalue weighted by Gasteiger charge is 2.19. The Morgan fingerprint density at radius 2 is 1.59 bits per heavy atom. The van der Waals surface area contributed by atoms with Crippen molar-refractivity contribution in [3.05, 3.63) is 56.3 Å². The van der Waals surface area contributed by atoms with Crippen LogP contribution in [0, 0.1) is 41.5 Å². The van der Waals surface area contributed by atoms with E-state index in [0.717, 1.165) is 22.6 Å². The van der Waals surface area contributed by atoms with Crippen LogP contribution in [0.25, 0.3) is 16.7 Å². The SMILES string of the molecule is Cc1cc(C)c(-n2c(C)c(C)c3c(=O)[nH]c(C)nc32)c(C)c1. The number of hydrogen-bond donors (Lipinski definition) is 1. The van der Waals surface area contributed by atoms with E-state index in [0.29, 0.717) is 11.2 Å². The Balaban J connectivity index is 2.53. The van der Waals surface area contributed by atoms with Crippen LogP contribution in [0.5, 0.6) is 0 Å². The van der Waals surface area contributed by atoms with Gasteiger partial charge in [-0.2, -0.15) is 0 Å². The molecule has 22 heavy (non-hydrogen) atoms. The van der Waals surface area contributed by atoms with Crippen LogP contribution in [0.4, 0.5) is 0 Å². The Labute approximate surface area is 129 Å². The summed E-state index contributed by atoms with van der Waals surface area (Å²) >= 11 is 0. The second-order valence-corrected chi connectivity index (χ2v) is 6.14. The molecule has 3 aromatic rings. The predicted octanol–water partition coefficient (Wildman–Crippen LogP) is 3.56. The zero-order valence-corrected chi connectivity index (χ0v) is 14.0. The quantitative estimate of drug-likeness (QED) is 0.746. The molecule has 1 N–H and O–H groups in total. The molecular formula is C18H21N3O. The molecule has 0 saturated carbocycles. The number of aromatic amines is 1. The third kappa shape index (κ3) is 1.98. The summed E-state index contributed by atoms with van der Waals surface area (Å²) in [5.41, 5.74) is 7.48. The molecule has 0 atom stereocenters. The molecule has 4 heteroatoms. The minimum absolute atomic E-state index is 0.0655. The molecule has 2 heterocycles. The van der Waals surface area contributed by atoms with Crippen molar-refractivity contribution in [3.8, 4) is 5.69 Å². The van der Waals surface area contributed by atoms with Crippen LogP contribution in [0.2, 0.25) is 0 Å². The summed E-state index contributed by atoms with van der Waals surface area (Å²) in [5, 5.41) is 0.683. The number of nitrogens with zero attached hydrogens (tertiary/aromatic N) is 2. The van der Waals surface area contributed by atoms with E-state index < -0.39 is 0 Å². The van der Waals surface area contributed by atoms with E-state index in [1.54, 1.807) is 0 Å². The van der Waals surface area contributed by atoms with Gasteiger partial charge in [0.1, 0.15) is 5.82 Å². The van der Waals surface area contributed by atoms with Crippen LogP contribution in [0.1, 0.15) is 33.8 Å². The molecule has 0 aliphatic heterocycles. The summed E-state index contributed by atoms with van der Waals surface area (Å²) in [6.45, 7) is 12.2. The first-order valence-electron chi connectivity index (χ1n) is 7.48. The van der Waals surface area contributed by atoms with Crippen molar-refractivity contribution in [1.29, 1.82) is 0 Å². The van der Waals surface area contributed by atoms with Crippen molar-refractivity contribution in [2.24, 2.45) is 0 Å². The maximum absolute atomic E-state index is 12.3. The van der Waals surface area contributed by atoms with Crippen molar-refractivity contribution < 1.29 is 0 Å². The minimum atomic E-state index is -0.0655. The molecule has 2 aromatic heterocycles. The van der Waals surface area contributed by atoms with E-state index in [9.17, 15) is 4.79 Å². The highest BCUT2D eigenvalue weighted by atomic mass is 16.1. The van der Waals surface area contributed by atoms with Gasteiger partial charge in [0.25, 0.3) is 5.56 Å². The van der Waals surface area contributed by atoms with Gasteiger partial charge in [-0.25, -0.2) is 4.98 Å². The number of nitrogens with one attached hydrogen (secondary N) is 1. The van der Waals surface area contributed by atoms with Gasteiger partial charge in [0.05, 0.1) is 11.1 Å². The lowest BCUT2D eigenvalue weighted by atomic mass is 10.0. The van der Waals surface area contributed by atoms with E-state index in [-0.39, 0.29) is 5.56 Å². The molecule has 1 aromatic carbocycles. The predicted molar refractivity (Wildman–Crippen MR) is 90.1 cm³/mol. The number of aryl methyl sites for hydroxylation is 5. The van der Waals surface area contributed by atoms with Gasteiger partial charge in [0.2, 0.25) is 0 Å². The van der Waals surface area contributed by atoms with Crippen LogP contribution in [0.3, 0.4) is 0 Å². The smallest absolute Gasteiger partial charge is 0.260 e.